The van der Waals surface area contributed by atoms with Crippen molar-refractivity contribution < 1.29 is 4.74 Å². The molecule has 0 fully saturated rings. The molecule has 0 amide bonds. The number of pyridine rings is 1. The quantitative estimate of drug-likeness (QED) is 0.723. The topological polar surface area (TPSA) is 35.0 Å². The lowest BCUT2D eigenvalue weighted by Crippen LogP contribution is -1.86. The molecule has 0 aliphatic rings. The Labute approximate surface area is 115 Å². The SMILES string of the molecule is CCc1ccc(-c2nc3cc(OC)ccc3s2)cn1. The Balaban J connectivity index is 2.04. The van der Waals surface area contributed by atoms with Crippen molar-refractivity contribution in [3.05, 3.63) is 42.2 Å². The third kappa shape index (κ3) is 2.31. The normalized spacial score (nSPS) is 10.8. The summed E-state index contributed by atoms with van der Waals surface area (Å²) in [6.45, 7) is 2.10. The van der Waals surface area contributed by atoms with Crippen LogP contribution in [0.25, 0.3) is 20.8 Å². The molecule has 96 valence electrons. The fourth-order valence-corrected chi connectivity index (χ4v) is 2.85. The van der Waals surface area contributed by atoms with Crippen molar-refractivity contribution in [2.24, 2.45) is 0 Å². The molecule has 0 saturated carbocycles. The smallest absolute Gasteiger partial charge is 0.126 e. The summed E-state index contributed by atoms with van der Waals surface area (Å²) in [5, 5.41) is 0.999. The molecule has 3 nitrogen and oxygen atoms in total. The van der Waals surface area contributed by atoms with Crippen molar-refractivity contribution >= 4 is 21.6 Å². The molecule has 0 radical (unpaired) electrons. The van der Waals surface area contributed by atoms with Crippen LogP contribution in [0.5, 0.6) is 5.75 Å². The Morgan fingerprint density at radius 2 is 2.11 bits per heavy atom. The van der Waals surface area contributed by atoms with Gasteiger partial charge in [-0.25, -0.2) is 4.98 Å². The number of benzene rings is 1. The number of aromatic nitrogens is 2. The number of fused-ring (bicyclic) bond motifs is 1. The van der Waals surface area contributed by atoms with E-state index in [1.54, 1.807) is 18.4 Å². The van der Waals surface area contributed by atoms with Crippen LogP contribution in [0.3, 0.4) is 0 Å². The highest BCUT2D eigenvalue weighted by Gasteiger charge is 2.07. The van der Waals surface area contributed by atoms with Crippen LogP contribution in [0.15, 0.2) is 36.5 Å². The standard InChI is InChI=1S/C15H14N2OS/c1-3-11-5-4-10(9-16-11)15-17-13-8-12(18-2)6-7-14(13)19-15/h4-9H,3H2,1-2H3. The first-order chi connectivity index (χ1) is 9.30. The molecular weight excluding hydrogens is 256 g/mol. The molecule has 0 aliphatic heterocycles. The molecule has 4 heteroatoms. The van der Waals surface area contributed by atoms with Crippen LogP contribution < -0.4 is 4.74 Å². The summed E-state index contributed by atoms with van der Waals surface area (Å²) in [5.74, 6) is 0.837. The van der Waals surface area contributed by atoms with Gasteiger partial charge in [0.05, 0.1) is 17.3 Å². The average Bonchev–Trinajstić information content (AvgIpc) is 2.90. The van der Waals surface area contributed by atoms with Gasteiger partial charge in [-0.1, -0.05) is 6.92 Å². The third-order valence-electron chi connectivity index (χ3n) is 3.03. The van der Waals surface area contributed by atoms with Gasteiger partial charge in [0.15, 0.2) is 0 Å². The van der Waals surface area contributed by atoms with Gasteiger partial charge in [-0.05, 0) is 30.7 Å². The van der Waals surface area contributed by atoms with E-state index in [0.717, 1.165) is 38.7 Å². The van der Waals surface area contributed by atoms with Crippen molar-refractivity contribution in [1.29, 1.82) is 0 Å². The Hall–Kier alpha value is -1.94. The van der Waals surface area contributed by atoms with E-state index < -0.39 is 0 Å². The molecule has 3 rings (SSSR count). The first-order valence-corrected chi connectivity index (χ1v) is 7.01. The molecule has 2 heterocycles. The Kier molecular flexibility index (Phi) is 3.17. The lowest BCUT2D eigenvalue weighted by Gasteiger charge is -1.97. The lowest BCUT2D eigenvalue weighted by atomic mass is 10.2. The summed E-state index contributed by atoms with van der Waals surface area (Å²) in [6, 6.07) is 10.1. The molecular formula is C15H14N2OS. The third-order valence-corrected chi connectivity index (χ3v) is 4.11. The number of aryl methyl sites for hydroxylation is 1. The highest BCUT2D eigenvalue weighted by molar-refractivity contribution is 7.21. The van der Waals surface area contributed by atoms with Gasteiger partial charge in [-0.15, -0.1) is 11.3 Å². The van der Waals surface area contributed by atoms with Crippen LogP contribution in [0.2, 0.25) is 0 Å². The van der Waals surface area contributed by atoms with Crippen molar-refractivity contribution in [3.8, 4) is 16.3 Å². The number of hydrogen-bond donors (Lipinski definition) is 0. The molecule has 1 aromatic carbocycles. The van der Waals surface area contributed by atoms with Gasteiger partial charge in [-0.3, -0.25) is 4.98 Å². The molecule has 0 N–H and O–H groups in total. The maximum atomic E-state index is 5.22. The summed E-state index contributed by atoms with van der Waals surface area (Å²) in [6.07, 6.45) is 2.85. The Morgan fingerprint density at radius 3 is 2.79 bits per heavy atom. The number of ether oxygens (including phenoxy) is 1. The monoisotopic (exact) mass is 270 g/mol. The van der Waals surface area contributed by atoms with Crippen LogP contribution in [0, 0.1) is 0 Å². The molecule has 0 unspecified atom stereocenters. The maximum Gasteiger partial charge on any atom is 0.126 e. The summed E-state index contributed by atoms with van der Waals surface area (Å²) < 4.78 is 6.38. The van der Waals surface area contributed by atoms with Gasteiger partial charge < -0.3 is 4.74 Å². The largest absolute Gasteiger partial charge is 0.497 e. The van der Waals surface area contributed by atoms with E-state index in [9.17, 15) is 0 Å². The minimum atomic E-state index is 0.837. The van der Waals surface area contributed by atoms with Crippen molar-refractivity contribution in [2.75, 3.05) is 7.11 Å². The number of thiazole rings is 1. The van der Waals surface area contributed by atoms with Gasteiger partial charge >= 0.3 is 0 Å². The van der Waals surface area contributed by atoms with Crippen molar-refractivity contribution in [2.45, 2.75) is 13.3 Å². The van der Waals surface area contributed by atoms with Crippen LogP contribution in [0.4, 0.5) is 0 Å². The van der Waals surface area contributed by atoms with E-state index in [2.05, 4.69) is 29.0 Å². The first kappa shape index (κ1) is 12.1. The fraction of sp³-hybridized carbons (Fsp3) is 0.200. The van der Waals surface area contributed by atoms with E-state index in [0.29, 0.717) is 0 Å². The molecule has 0 spiro atoms. The minimum Gasteiger partial charge on any atom is -0.497 e. The minimum absolute atomic E-state index is 0.837. The predicted molar refractivity (Wildman–Crippen MR) is 78.8 cm³/mol. The second-order valence-corrected chi connectivity index (χ2v) is 5.28. The van der Waals surface area contributed by atoms with Crippen molar-refractivity contribution in [1.82, 2.24) is 9.97 Å². The van der Waals surface area contributed by atoms with Gasteiger partial charge in [0, 0.05) is 23.5 Å². The summed E-state index contributed by atoms with van der Waals surface area (Å²) in [5.41, 5.74) is 3.14. The number of methoxy groups -OCH3 is 1. The van der Waals surface area contributed by atoms with E-state index in [-0.39, 0.29) is 0 Å². The second-order valence-electron chi connectivity index (χ2n) is 4.24. The van der Waals surface area contributed by atoms with Gasteiger partial charge in [-0.2, -0.15) is 0 Å². The zero-order valence-corrected chi connectivity index (χ0v) is 11.7. The lowest BCUT2D eigenvalue weighted by molar-refractivity contribution is 0.415. The molecule has 2 aromatic heterocycles. The zero-order chi connectivity index (χ0) is 13.2. The number of hydrogen-bond acceptors (Lipinski definition) is 4. The molecule has 0 bridgehead atoms. The zero-order valence-electron chi connectivity index (χ0n) is 10.9. The molecule has 19 heavy (non-hydrogen) atoms. The first-order valence-electron chi connectivity index (χ1n) is 6.20. The highest BCUT2D eigenvalue weighted by atomic mass is 32.1. The Morgan fingerprint density at radius 1 is 1.21 bits per heavy atom. The molecule has 0 saturated heterocycles. The van der Waals surface area contributed by atoms with Crippen LogP contribution >= 0.6 is 11.3 Å². The second kappa shape index (κ2) is 4.97. The van der Waals surface area contributed by atoms with E-state index >= 15 is 0 Å². The van der Waals surface area contributed by atoms with Gasteiger partial charge in [0.1, 0.15) is 10.8 Å². The molecule has 0 aliphatic carbocycles. The average molecular weight is 270 g/mol. The maximum absolute atomic E-state index is 5.22. The Bertz CT molecular complexity index is 704. The van der Waals surface area contributed by atoms with E-state index in [1.165, 1.54) is 0 Å². The number of rotatable bonds is 3. The van der Waals surface area contributed by atoms with Gasteiger partial charge in [0.25, 0.3) is 0 Å². The number of nitrogens with zero attached hydrogens (tertiary/aromatic N) is 2. The van der Waals surface area contributed by atoms with Crippen molar-refractivity contribution in [3.63, 3.8) is 0 Å². The molecule has 0 atom stereocenters. The van der Waals surface area contributed by atoms with Crippen LogP contribution in [-0.2, 0) is 6.42 Å². The van der Waals surface area contributed by atoms with E-state index in [1.807, 2.05) is 24.4 Å². The fourth-order valence-electron chi connectivity index (χ4n) is 1.92. The van der Waals surface area contributed by atoms with Crippen LogP contribution in [0.1, 0.15) is 12.6 Å². The summed E-state index contributed by atoms with van der Waals surface area (Å²) in [7, 11) is 1.67. The highest BCUT2D eigenvalue weighted by Crippen LogP contribution is 2.31. The van der Waals surface area contributed by atoms with Crippen LogP contribution in [-0.4, -0.2) is 17.1 Å². The van der Waals surface area contributed by atoms with E-state index in [4.69, 9.17) is 4.74 Å². The van der Waals surface area contributed by atoms with Gasteiger partial charge in [0.2, 0.25) is 0 Å². The summed E-state index contributed by atoms with van der Waals surface area (Å²) in [4.78, 5) is 9.07. The molecule has 3 aromatic rings. The predicted octanol–water partition coefficient (Wildman–Crippen LogP) is 3.93. The summed E-state index contributed by atoms with van der Waals surface area (Å²) >= 11 is 1.68.